The second kappa shape index (κ2) is 4.67. The maximum absolute atomic E-state index is 13.8. The van der Waals surface area contributed by atoms with Crippen molar-refractivity contribution in [2.75, 3.05) is 5.32 Å². The molecule has 2 N–H and O–H groups in total. The second-order valence-electron chi connectivity index (χ2n) is 4.94. The predicted molar refractivity (Wildman–Crippen MR) is 70.8 cm³/mol. The van der Waals surface area contributed by atoms with Crippen molar-refractivity contribution in [1.82, 2.24) is 14.9 Å². The van der Waals surface area contributed by atoms with Crippen molar-refractivity contribution in [3.63, 3.8) is 0 Å². The van der Waals surface area contributed by atoms with Crippen molar-refractivity contribution in [3.8, 4) is 0 Å². The van der Waals surface area contributed by atoms with Crippen LogP contribution in [0.25, 0.3) is 11.0 Å². The number of carbonyl (C=O) groups is 2. The number of alkyl halides is 3. The summed E-state index contributed by atoms with van der Waals surface area (Å²) in [5, 5.41) is 3.66. The Morgan fingerprint density at radius 3 is 2.74 bits per heavy atom. The minimum atomic E-state index is -5.16. The van der Waals surface area contributed by atoms with Gasteiger partial charge in [-0.1, -0.05) is 13.0 Å². The van der Waals surface area contributed by atoms with Gasteiger partial charge in [-0.25, -0.2) is 9.37 Å². The molecule has 0 bridgehead atoms. The molecular formula is C13H10F4N4O2. The van der Waals surface area contributed by atoms with Crippen molar-refractivity contribution in [1.29, 1.82) is 0 Å². The average molecular weight is 330 g/mol. The maximum Gasteiger partial charge on any atom is 0.440 e. The molecule has 2 heterocycles. The molecule has 6 nitrogen and oxygen atoms in total. The standard InChI is InChI=1S/C13H10F4N4O2/c1-2-8(22)20-12(13(15,16)17)10(23)19-11-18-9-6(14)4-3-5-7(9)21(11)12/h3-5H,2H2,1H3,(H,20,22)(H,18,19,23). The molecule has 2 aromatic rings. The van der Waals surface area contributed by atoms with Crippen LogP contribution >= 0.6 is 0 Å². The van der Waals surface area contributed by atoms with Gasteiger partial charge in [-0.15, -0.1) is 0 Å². The number of carbonyl (C=O) groups excluding carboxylic acids is 2. The van der Waals surface area contributed by atoms with E-state index in [1.165, 1.54) is 19.1 Å². The Hall–Kier alpha value is -2.65. The van der Waals surface area contributed by atoms with Crippen LogP contribution < -0.4 is 10.6 Å². The number of fused-ring (bicyclic) bond motifs is 3. The molecule has 23 heavy (non-hydrogen) atoms. The summed E-state index contributed by atoms with van der Waals surface area (Å²) < 4.78 is 55.4. The molecular weight excluding hydrogens is 320 g/mol. The van der Waals surface area contributed by atoms with Crippen molar-refractivity contribution < 1.29 is 27.2 Å². The van der Waals surface area contributed by atoms with E-state index in [2.05, 4.69) is 4.98 Å². The van der Waals surface area contributed by atoms with E-state index < -0.39 is 35.4 Å². The number of hydrogen-bond acceptors (Lipinski definition) is 3. The SMILES string of the molecule is CCC(=O)NC1(C(F)(F)F)C(=O)Nc2nc3c(F)cccc3n21. The highest BCUT2D eigenvalue weighted by molar-refractivity contribution is 6.05. The van der Waals surface area contributed by atoms with E-state index in [4.69, 9.17) is 0 Å². The number of benzene rings is 1. The monoisotopic (exact) mass is 330 g/mol. The van der Waals surface area contributed by atoms with Crippen LogP contribution in [0.2, 0.25) is 0 Å². The molecule has 1 aliphatic heterocycles. The van der Waals surface area contributed by atoms with Crippen LogP contribution in [-0.2, 0) is 15.3 Å². The number of imidazole rings is 1. The lowest BCUT2D eigenvalue weighted by atomic mass is 10.1. The molecule has 1 atom stereocenters. The van der Waals surface area contributed by atoms with E-state index >= 15 is 0 Å². The average Bonchev–Trinajstić information content (AvgIpc) is 2.95. The van der Waals surface area contributed by atoms with Gasteiger partial charge < -0.3 is 5.32 Å². The number of aromatic nitrogens is 2. The van der Waals surface area contributed by atoms with Gasteiger partial charge in [0.05, 0.1) is 5.52 Å². The Kier molecular flexibility index (Phi) is 3.10. The molecule has 2 amide bonds. The summed E-state index contributed by atoms with van der Waals surface area (Å²) in [6.07, 6.45) is -5.42. The van der Waals surface area contributed by atoms with Crippen LogP contribution in [0.3, 0.4) is 0 Å². The molecule has 0 saturated carbocycles. The Bertz CT molecular complexity index is 829. The number of hydrogen-bond donors (Lipinski definition) is 2. The number of anilines is 1. The summed E-state index contributed by atoms with van der Waals surface area (Å²) >= 11 is 0. The van der Waals surface area contributed by atoms with Crippen LogP contribution in [-0.4, -0.2) is 27.5 Å². The molecule has 1 aliphatic rings. The zero-order chi connectivity index (χ0) is 17.0. The number of amides is 2. The Balaban J connectivity index is 2.35. The maximum atomic E-state index is 13.8. The van der Waals surface area contributed by atoms with Gasteiger partial charge in [0.1, 0.15) is 5.52 Å². The molecule has 3 rings (SSSR count). The van der Waals surface area contributed by atoms with Crippen LogP contribution in [0.15, 0.2) is 18.2 Å². The second-order valence-corrected chi connectivity index (χ2v) is 4.94. The van der Waals surface area contributed by atoms with Crippen molar-refractivity contribution in [3.05, 3.63) is 24.0 Å². The summed E-state index contributed by atoms with van der Waals surface area (Å²) in [4.78, 5) is 27.3. The summed E-state index contributed by atoms with van der Waals surface area (Å²) in [5.41, 5.74) is -3.95. The van der Waals surface area contributed by atoms with Crippen molar-refractivity contribution >= 4 is 28.8 Å². The molecule has 122 valence electrons. The first-order chi connectivity index (χ1) is 10.7. The topological polar surface area (TPSA) is 76.0 Å². The van der Waals surface area contributed by atoms with Crippen molar-refractivity contribution in [2.45, 2.75) is 25.2 Å². The molecule has 1 aromatic heterocycles. The largest absolute Gasteiger partial charge is 0.440 e. The summed E-state index contributed by atoms with van der Waals surface area (Å²) in [5.74, 6) is -3.80. The summed E-state index contributed by atoms with van der Waals surface area (Å²) in [6, 6.07) is 3.42. The third kappa shape index (κ3) is 1.90. The number of nitrogens with zero attached hydrogens (tertiary/aromatic N) is 2. The Labute approximate surface area is 126 Å². The lowest BCUT2D eigenvalue weighted by Gasteiger charge is -2.31. The highest BCUT2D eigenvalue weighted by Gasteiger charge is 2.67. The molecule has 1 unspecified atom stereocenters. The van der Waals surface area contributed by atoms with E-state index in [0.717, 1.165) is 6.07 Å². The van der Waals surface area contributed by atoms with Gasteiger partial charge in [0.15, 0.2) is 5.82 Å². The summed E-state index contributed by atoms with van der Waals surface area (Å²) in [6.45, 7) is 1.35. The van der Waals surface area contributed by atoms with E-state index in [0.29, 0.717) is 4.57 Å². The van der Waals surface area contributed by atoms with E-state index in [-0.39, 0.29) is 17.5 Å². The third-order valence-corrected chi connectivity index (χ3v) is 3.58. The highest BCUT2D eigenvalue weighted by atomic mass is 19.4. The lowest BCUT2D eigenvalue weighted by Crippen LogP contribution is -2.63. The van der Waals surface area contributed by atoms with E-state index in [9.17, 15) is 27.2 Å². The zero-order valence-electron chi connectivity index (χ0n) is 11.7. The van der Waals surface area contributed by atoms with E-state index in [1.54, 1.807) is 5.32 Å². The van der Waals surface area contributed by atoms with Crippen LogP contribution in [0.5, 0.6) is 0 Å². The van der Waals surface area contributed by atoms with Crippen LogP contribution in [0, 0.1) is 5.82 Å². The normalized spacial score (nSPS) is 20.5. The van der Waals surface area contributed by atoms with Gasteiger partial charge in [0.2, 0.25) is 11.9 Å². The van der Waals surface area contributed by atoms with Crippen LogP contribution in [0.4, 0.5) is 23.5 Å². The first-order valence-electron chi connectivity index (χ1n) is 6.59. The smallest absolute Gasteiger partial charge is 0.317 e. The Morgan fingerprint density at radius 2 is 2.13 bits per heavy atom. The van der Waals surface area contributed by atoms with Crippen molar-refractivity contribution in [2.24, 2.45) is 0 Å². The fourth-order valence-corrected chi connectivity index (χ4v) is 2.51. The van der Waals surface area contributed by atoms with Gasteiger partial charge in [-0.2, -0.15) is 13.2 Å². The predicted octanol–water partition coefficient (Wildman–Crippen LogP) is 1.87. The fourth-order valence-electron chi connectivity index (χ4n) is 2.51. The van der Waals surface area contributed by atoms with Crippen LogP contribution in [0.1, 0.15) is 13.3 Å². The first kappa shape index (κ1) is 15.3. The van der Waals surface area contributed by atoms with Gasteiger partial charge in [0, 0.05) is 6.42 Å². The quantitative estimate of drug-likeness (QED) is 0.826. The van der Waals surface area contributed by atoms with Gasteiger partial charge in [-0.05, 0) is 12.1 Å². The number of para-hydroxylation sites is 1. The molecule has 0 radical (unpaired) electrons. The third-order valence-electron chi connectivity index (χ3n) is 3.58. The summed E-state index contributed by atoms with van der Waals surface area (Å²) in [7, 11) is 0. The number of halogens is 4. The minimum absolute atomic E-state index is 0.257. The van der Waals surface area contributed by atoms with Gasteiger partial charge >= 0.3 is 6.18 Å². The molecule has 1 aromatic carbocycles. The molecule has 0 spiro atoms. The molecule has 10 heteroatoms. The Morgan fingerprint density at radius 1 is 1.43 bits per heavy atom. The first-order valence-corrected chi connectivity index (χ1v) is 6.59. The number of nitrogens with one attached hydrogen (secondary N) is 2. The lowest BCUT2D eigenvalue weighted by molar-refractivity contribution is -0.217. The minimum Gasteiger partial charge on any atom is -0.317 e. The van der Waals surface area contributed by atoms with Gasteiger partial charge in [-0.3, -0.25) is 19.5 Å². The highest BCUT2D eigenvalue weighted by Crippen LogP contribution is 2.44. The van der Waals surface area contributed by atoms with E-state index in [1.807, 2.05) is 5.32 Å². The molecule has 0 fully saturated rings. The fraction of sp³-hybridized carbons (Fsp3) is 0.308. The molecule has 0 aliphatic carbocycles. The van der Waals surface area contributed by atoms with Gasteiger partial charge in [0.25, 0.3) is 11.6 Å². The zero-order valence-corrected chi connectivity index (χ0v) is 11.7. The number of rotatable bonds is 2. The molecule has 0 saturated heterocycles.